The number of H-pyrrole nitrogens is 2. The zero-order valence-electron chi connectivity index (χ0n) is 11.3. The van der Waals surface area contributed by atoms with Gasteiger partial charge < -0.3 is 15.3 Å². The highest BCUT2D eigenvalue weighted by atomic mass is 16.1. The highest BCUT2D eigenvalue weighted by Gasteiger charge is 2.06. The Labute approximate surface area is 121 Å². The quantitative estimate of drug-likeness (QED) is 0.682. The fourth-order valence-electron chi connectivity index (χ4n) is 2.30. The van der Waals surface area contributed by atoms with E-state index in [2.05, 4.69) is 21.4 Å². The van der Waals surface area contributed by atoms with Crippen LogP contribution in [0.3, 0.4) is 0 Å². The van der Waals surface area contributed by atoms with Crippen LogP contribution in [0.1, 0.15) is 15.9 Å². The number of hydrogen-bond donors (Lipinski definition) is 3. The summed E-state index contributed by atoms with van der Waals surface area (Å²) in [5, 5.41) is 4.02. The van der Waals surface area contributed by atoms with E-state index in [0.29, 0.717) is 12.1 Å². The standard InChI is InChI=1S/C16H15N3O2/c20-15-6-5-12(10-19-15)16(21)17-8-7-11-9-18-14-4-2-1-3-13(11)14/h1-6,9-10,18H,7-8H2,(H,17,21)(H,19,20). The van der Waals surface area contributed by atoms with Crippen LogP contribution >= 0.6 is 0 Å². The van der Waals surface area contributed by atoms with Crippen LogP contribution in [0, 0.1) is 0 Å². The lowest BCUT2D eigenvalue weighted by molar-refractivity contribution is 0.0954. The van der Waals surface area contributed by atoms with Crippen molar-refractivity contribution >= 4 is 16.8 Å². The number of carbonyl (C=O) groups is 1. The molecule has 1 aromatic carbocycles. The second-order valence-corrected chi connectivity index (χ2v) is 4.81. The number of benzene rings is 1. The van der Waals surface area contributed by atoms with Gasteiger partial charge in [0.25, 0.3) is 5.91 Å². The SMILES string of the molecule is O=C(NCCc1c[nH]c2ccccc12)c1ccc(=O)[nH]c1. The second kappa shape index (κ2) is 5.66. The molecule has 3 N–H and O–H groups in total. The zero-order chi connectivity index (χ0) is 14.7. The largest absolute Gasteiger partial charge is 0.361 e. The molecule has 3 rings (SSSR count). The monoisotopic (exact) mass is 281 g/mol. The fraction of sp³-hybridized carbons (Fsp3) is 0.125. The minimum Gasteiger partial charge on any atom is -0.361 e. The first kappa shape index (κ1) is 13.2. The maximum Gasteiger partial charge on any atom is 0.252 e. The van der Waals surface area contributed by atoms with Gasteiger partial charge in [-0.3, -0.25) is 9.59 Å². The van der Waals surface area contributed by atoms with Crippen molar-refractivity contribution < 1.29 is 4.79 Å². The number of hydrogen-bond acceptors (Lipinski definition) is 2. The average molecular weight is 281 g/mol. The van der Waals surface area contributed by atoms with Crippen LogP contribution in [-0.4, -0.2) is 22.4 Å². The molecule has 1 amide bonds. The molecule has 0 bridgehead atoms. The van der Waals surface area contributed by atoms with Crippen LogP contribution in [0.2, 0.25) is 0 Å². The summed E-state index contributed by atoms with van der Waals surface area (Å²) in [6.45, 7) is 0.541. The number of fused-ring (bicyclic) bond motifs is 1. The molecule has 21 heavy (non-hydrogen) atoms. The third kappa shape index (κ3) is 2.86. The number of carbonyl (C=O) groups excluding carboxylic acids is 1. The van der Waals surface area contributed by atoms with Gasteiger partial charge in [0.1, 0.15) is 0 Å². The lowest BCUT2D eigenvalue weighted by Crippen LogP contribution is -2.26. The molecule has 0 saturated heterocycles. The number of rotatable bonds is 4. The molecule has 0 atom stereocenters. The van der Waals surface area contributed by atoms with Crippen molar-refractivity contribution in [2.75, 3.05) is 6.54 Å². The molecule has 0 aliphatic carbocycles. The first-order valence-electron chi connectivity index (χ1n) is 6.76. The zero-order valence-corrected chi connectivity index (χ0v) is 11.3. The highest BCUT2D eigenvalue weighted by molar-refractivity contribution is 5.93. The molecule has 0 saturated carbocycles. The summed E-state index contributed by atoms with van der Waals surface area (Å²) in [6, 6.07) is 10.9. The molecule has 0 unspecified atom stereocenters. The molecular formula is C16H15N3O2. The van der Waals surface area contributed by atoms with Crippen molar-refractivity contribution in [2.45, 2.75) is 6.42 Å². The van der Waals surface area contributed by atoms with Crippen molar-refractivity contribution in [1.82, 2.24) is 15.3 Å². The fourth-order valence-corrected chi connectivity index (χ4v) is 2.30. The Morgan fingerprint density at radius 2 is 1.90 bits per heavy atom. The molecular weight excluding hydrogens is 266 g/mol. The Bertz CT molecular complexity index is 812. The van der Waals surface area contributed by atoms with Gasteiger partial charge in [-0.2, -0.15) is 0 Å². The Morgan fingerprint density at radius 3 is 2.71 bits per heavy atom. The van der Waals surface area contributed by atoms with Gasteiger partial charge in [0.2, 0.25) is 5.56 Å². The van der Waals surface area contributed by atoms with E-state index in [0.717, 1.165) is 11.9 Å². The molecule has 0 fully saturated rings. The van der Waals surface area contributed by atoms with E-state index in [-0.39, 0.29) is 11.5 Å². The summed E-state index contributed by atoms with van der Waals surface area (Å²) in [5.74, 6) is -0.189. The molecule has 2 heterocycles. The third-order valence-electron chi connectivity index (χ3n) is 3.40. The van der Waals surface area contributed by atoms with Gasteiger partial charge in [-0.15, -0.1) is 0 Å². The van der Waals surface area contributed by atoms with E-state index in [9.17, 15) is 9.59 Å². The van der Waals surface area contributed by atoms with E-state index in [4.69, 9.17) is 0 Å². The van der Waals surface area contributed by atoms with E-state index in [1.807, 2.05) is 24.4 Å². The molecule has 106 valence electrons. The molecule has 5 heteroatoms. The number of aromatic nitrogens is 2. The van der Waals surface area contributed by atoms with Crippen molar-refractivity contribution in [3.63, 3.8) is 0 Å². The van der Waals surface area contributed by atoms with Crippen LogP contribution in [-0.2, 0) is 6.42 Å². The Hall–Kier alpha value is -2.82. The Kier molecular flexibility index (Phi) is 3.55. The molecule has 3 aromatic rings. The van der Waals surface area contributed by atoms with Gasteiger partial charge in [-0.05, 0) is 24.1 Å². The molecule has 0 aliphatic heterocycles. The lowest BCUT2D eigenvalue weighted by Gasteiger charge is -2.04. The summed E-state index contributed by atoms with van der Waals surface area (Å²) >= 11 is 0. The summed E-state index contributed by atoms with van der Waals surface area (Å²) in [6.07, 6.45) is 4.14. The predicted octanol–water partition coefficient (Wildman–Crippen LogP) is 1.83. The molecule has 0 radical (unpaired) electrons. The Balaban J connectivity index is 1.62. The number of pyridine rings is 1. The number of para-hydroxylation sites is 1. The van der Waals surface area contributed by atoms with Crippen molar-refractivity contribution in [3.8, 4) is 0 Å². The average Bonchev–Trinajstić information content (AvgIpc) is 2.91. The normalized spacial score (nSPS) is 10.7. The molecule has 0 aliphatic rings. The molecule has 5 nitrogen and oxygen atoms in total. The van der Waals surface area contributed by atoms with Gasteiger partial charge in [-0.25, -0.2) is 0 Å². The van der Waals surface area contributed by atoms with E-state index >= 15 is 0 Å². The third-order valence-corrected chi connectivity index (χ3v) is 3.40. The summed E-state index contributed by atoms with van der Waals surface area (Å²) < 4.78 is 0. The number of nitrogens with one attached hydrogen (secondary N) is 3. The van der Waals surface area contributed by atoms with Crippen LogP contribution in [0.25, 0.3) is 10.9 Å². The Morgan fingerprint density at radius 1 is 1.05 bits per heavy atom. The lowest BCUT2D eigenvalue weighted by atomic mass is 10.1. The smallest absolute Gasteiger partial charge is 0.252 e. The maximum atomic E-state index is 11.9. The van der Waals surface area contributed by atoms with Gasteiger partial charge in [0, 0.05) is 35.9 Å². The first-order chi connectivity index (χ1) is 10.2. The maximum absolute atomic E-state index is 11.9. The first-order valence-corrected chi connectivity index (χ1v) is 6.76. The van der Waals surface area contributed by atoms with Crippen LogP contribution in [0.4, 0.5) is 0 Å². The topological polar surface area (TPSA) is 77.8 Å². The van der Waals surface area contributed by atoms with Gasteiger partial charge in [-0.1, -0.05) is 18.2 Å². The van der Waals surface area contributed by atoms with Gasteiger partial charge in [0.15, 0.2) is 0 Å². The molecule has 2 aromatic heterocycles. The van der Waals surface area contributed by atoms with Crippen LogP contribution < -0.4 is 10.9 Å². The summed E-state index contributed by atoms with van der Waals surface area (Å²) in [5.41, 5.74) is 2.51. The van der Waals surface area contributed by atoms with Crippen molar-refractivity contribution in [1.29, 1.82) is 0 Å². The van der Waals surface area contributed by atoms with E-state index < -0.39 is 0 Å². The van der Waals surface area contributed by atoms with Crippen LogP contribution in [0.5, 0.6) is 0 Å². The van der Waals surface area contributed by atoms with Crippen molar-refractivity contribution in [3.05, 3.63) is 70.3 Å². The van der Waals surface area contributed by atoms with Crippen LogP contribution in [0.15, 0.2) is 53.6 Å². The number of amides is 1. The minimum atomic E-state index is -0.217. The van der Waals surface area contributed by atoms with E-state index in [1.165, 1.54) is 29.3 Å². The summed E-state index contributed by atoms with van der Waals surface area (Å²) in [7, 11) is 0. The van der Waals surface area contributed by atoms with E-state index in [1.54, 1.807) is 0 Å². The highest BCUT2D eigenvalue weighted by Crippen LogP contribution is 2.17. The predicted molar refractivity (Wildman–Crippen MR) is 81.4 cm³/mol. The minimum absolute atomic E-state index is 0.189. The van der Waals surface area contributed by atoms with Gasteiger partial charge >= 0.3 is 0 Å². The molecule has 0 spiro atoms. The van der Waals surface area contributed by atoms with Crippen molar-refractivity contribution in [2.24, 2.45) is 0 Å². The second-order valence-electron chi connectivity index (χ2n) is 4.81. The van der Waals surface area contributed by atoms with Gasteiger partial charge in [0.05, 0.1) is 5.56 Å². The number of aromatic amines is 2. The summed E-state index contributed by atoms with van der Waals surface area (Å²) in [4.78, 5) is 28.6.